The number of rotatable bonds is 11. The van der Waals surface area contributed by atoms with Crippen LogP contribution in [0.15, 0.2) is 152 Å². The van der Waals surface area contributed by atoms with E-state index in [9.17, 15) is 35.5 Å². The van der Waals surface area contributed by atoms with Crippen LogP contribution in [0.1, 0.15) is 26.3 Å². The van der Waals surface area contributed by atoms with Crippen LogP contribution in [0.4, 0.5) is 34.1 Å². The molecule has 2 amide bonds. The second-order valence-corrected chi connectivity index (χ2v) is 14.7. The number of carbonyl (C=O) groups is 2. The molecule has 4 N–H and O–H groups in total. The van der Waals surface area contributed by atoms with Crippen LogP contribution in [0.5, 0.6) is 5.75 Å². The van der Waals surface area contributed by atoms with E-state index in [0.29, 0.717) is 51.4 Å². The molecule has 0 atom stereocenters. The summed E-state index contributed by atoms with van der Waals surface area (Å²) in [5, 5.41) is 22.7. The molecule has 6 rings (SSSR count). The van der Waals surface area contributed by atoms with E-state index in [4.69, 9.17) is 4.74 Å². The van der Waals surface area contributed by atoms with Gasteiger partial charge in [-0.15, -0.1) is 5.11 Å². The first-order valence-corrected chi connectivity index (χ1v) is 19.0. The van der Waals surface area contributed by atoms with Crippen molar-refractivity contribution in [2.45, 2.75) is 16.7 Å². The number of fused-ring (bicyclic) bond motifs is 1. The monoisotopic (exact) mass is 802 g/mol. The molecule has 18 heteroatoms. The zero-order valence-corrected chi connectivity index (χ0v) is 30.5. The number of hydrogen-bond acceptors (Lipinski definition) is 11. The average molecular weight is 803 g/mol. The van der Waals surface area contributed by atoms with Gasteiger partial charge in [0.15, 0.2) is 0 Å². The van der Waals surface area contributed by atoms with Crippen LogP contribution in [0, 0.1) is 6.92 Å². The van der Waals surface area contributed by atoms with Crippen LogP contribution in [0.2, 0.25) is 0 Å². The van der Waals surface area contributed by atoms with E-state index >= 15 is 0 Å². The van der Waals surface area contributed by atoms with Crippen molar-refractivity contribution in [2.75, 3.05) is 17.7 Å². The summed E-state index contributed by atoms with van der Waals surface area (Å²) in [7, 11) is -8.19. The van der Waals surface area contributed by atoms with E-state index in [0.717, 1.165) is 11.6 Å². The molecule has 0 unspecified atom stereocenters. The molecular formula is C38H31N6NaO9S2. The molecule has 0 aliphatic heterocycles. The summed E-state index contributed by atoms with van der Waals surface area (Å²) >= 11 is 0. The van der Waals surface area contributed by atoms with E-state index < -0.39 is 30.0 Å². The van der Waals surface area contributed by atoms with Gasteiger partial charge in [0.05, 0.1) is 29.1 Å². The molecule has 56 heavy (non-hydrogen) atoms. The Bertz CT molecular complexity index is 2750. The molecule has 0 aromatic heterocycles. The first-order valence-electron chi connectivity index (χ1n) is 16.1. The fraction of sp³-hybridized carbons (Fsp3) is 0.0526. The van der Waals surface area contributed by atoms with Gasteiger partial charge in [0.25, 0.3) is 32.1 Å². The van der Waals surface area contributed by atoms with Crippen molar-refractivity contribution in [3.8, 4) is 5.75 Å². The van der Waals surface area contributed by atoms with Gasteiger partial charge < -0.3 is 15.4 Å². The van der Waals surface area contributed by atoms with Gasteiger partial charge in [-0.05, 0) is 109 Å². The number of benzene rings is 6. The van der Waals surface area contributed by atoms with Gasteiger partial charge in [0.2, 0.25) is 0 Å². The number of nitrogens with one attached hydrogen (secondary N) is 2. The van der Waals surface area contributed by atoms with E-state index in [1.165, 1.54) is 25.3 Å². The molecule has 0 saturated heterocycles. The Labute approximate surface area is 343 Å². The Kier molecular flexibility index (Phi) is 12.9. The average Bonchev–Trinajstić information content (AvgIpc) is 3.16. The molecule has 280 valence electrons. The number of carbonyl (C=O) groups excluding carboxylic acids is 2. The normalized spacial score (nSPS) is 11.7. The van der Waals surface area contributed by atoms with Gasteiger partial charge in [0, 0.05) is 34.0 Å². The zero-order valence-electron chi connectivity index (χ0n) is 28.9. The molecule has 0 aliphatic carbocycles. The van der Waals surface area contributed by atoms with E-state index in [2.05, 4.69) is 31.1 Å². The molecule has 0 saturated carbocycles. The number of hydrogen-bond donors (Lipinski definition) is 4. The van der Waals surface area contributed by atoms with E-state index in [1.807, 2.05) is 13.0 Å². The van der Waals surface area contributed by atoms with Crippen LogP contribution in [0.25, 0.3) is 10.8 Å². The van der Waals surface area contributed by atoms with Crippen molar-refractivity contribution in [3.05, 3.63) is 138 Å². The fourth-order valence-electron chi connectivity index (χ4n) is 5.29. The first kappa shape index (κ1) is 41.5. The van der Waals surface area contributed by atoms with Gasteiger partial charge in [-0.1, -0.05) is 24.3 Å². The number of amides is 2. The summed E-state index contributed by atoms with van der Waals surface area (Å²) in [4.78, 5) is 23.9. The molecule has 0 bridgehead atoms. The number of anilines is 2. The summed E-state index contributed by atoms with van der Waals surface area (Å²) in [5.74, 6) is -0.277. The fourth-order valence-corrected chi connectivity index (χ4v) is 6.64. The summed E-state index contributed by atoms with van der Waals surface area (Å²) in [6.07, 6.45) is 0. The minimum absolute atomic E-state index is 0. The van der Waals surface area contributed by atoms with Crippen molar-refractivity contribution in [1.29, 1.82) is 0 Å². The predicted molar refractivity (Wildman–Crippen MR) is 212 cm³/mol. The van der Waals surface area contributed by atoms with Crippen LogP contribution in [-0.2, 0) is 20.2 Å². The third kappa shape index (κ3) is 10.1. The topological polar surface area (TPSA) is 226 Å². The SMILES string of the molecule is COc1cc(N=Nc2ccc3cc(S(=O)(=O)O)cc(S(=O)(=O)O)c3c2)ccc1N=Nc1ccc(NC(=O)c2ccc(NC(=O)c3ccccc3)cc2)cc1C.[NaH]. The molecule has 6 aromatic rings. The molecule has 0 heterocycles. The minimum atomic E-state index is -4.88. The first-order chi connectivity index (χ1) is 26.2. The molecule has 6 aromatic carbocycles. The second-order valence-electron chi connectivity index (χ2n) is 11.9. The Morgan fingerprint density at radius 2 is 1.18 bits per heavy atom. The summed E-state index contributed by atoms with van der Waals surface area (Å²) in [6.45, 7) is 1.81. The number of azo groups is 2. The zero-order chi connectivity index (χ0) is 39.3. The van der Waals surface area contributed by atoms with Crippen molar-refractivity contribution in [3.63, 3.8) is 0 Å². The standard InChI is InChI=1S/C38H30N6O9S2.Na.H/c1-23-18-28(40-38(46)25-8-11-27(12-9-25)39-37(45)24-6-4-3-5-7-24)14-16-33(23)43-44-34-17-15-30(21-35(34)53-2)42-41-29-13-10-26-19-31(54(47,48)49)22-36(32(26)20-29)55(50,51)52;;/h3-22H,1-2H3,(H,39,45)(H,40,46)(H,47,48,49)(H,50,51,52);;. The van der Waals surface area contributed by atoms with Crippen LogP contribution in [-0.4, -0.2) is 74.4 Å². The Morgan fingerprint density at radius 1 is 0.607 bits per heavy atom. The van der Waals surface area contributed by atoms with Crippen LogP contribution < -0.4 is 15.4 Å². The van der Waals surface area contributed by atoms with Crippen molar-refractivity contribution in [2.24, 2.45) is 20.5 Å². The molecule has 0 radical (unpaired) electrons. The van der Waals surface area contributed by atoms with Gasteiger partial charge in [-0.25, -0.2) is 0 Å². The third-order valence-electron chi connectivity index (χ3n) is 8.05. The molecule has 15 nitrogen and oxygen atoms in total. The quantitative estimate of drug-likeness (QED) is 0.0560. The number of aryl methyl sites for hydroxylation is 1. The maximum absolute atomic E-state index is 12.9. The molecule has 0 spiro atoms. The van der Waals surface area contributed by atoms with Crippen molar-refractivity contribution >= 4 is 107 Å². The predicted octanol–water partition coefficient (Wildman–Crippen LogP) is 8.34. The Hall–Kier alpha value is -5.66. The van der Waals surface area contributed by atoms with Gasteiger partial charge in [0.1, 0.15) is 16.3 Å². The van der Waals surface area contributed by atoms with Gasteiger partial charge >= 0.3 is 29.6 Å². The maximum atomic E-state index is 12.9. The number of ether oxygens (including phenoxy) is 1. The Morgan fingerprint density at radius 3 is 1.80 bits per heavy atom. The number of methoxy groups -OCH3 is 1. The third-order valence-corrected chi connectivity index (χ3v) is 9.78. The second kappa shape index (κ2) is 17.4. The Balaban J connectivity index is 0.00000600. The van der Waals surface area contributed by atoms with Gasteiger partial charge in [-0.2, -0.15) is 32.2 Å². The number of nitrogens with zero attached hydrogens (tertiary/aromatic N) is 4. The summed E-state index contributed by atoms with van der Waals surface area (Å²) in [5.41, 5.74) is 4.17. The summed E-state index contributed by atoms with van der Waals surface area (Å²) < 4.78 is 71.9. The molecule has 0 aliphatic rings. The van der Waals surface area contributed by atoms with Crippen LogP contribution >= 0.6 is 0 Å². The summed E-state index contributed by atoms with van der Waals surface area (Å²) in [6, 6.07) is 31.0. The van der Waals surface area contributed by atoms with Crippen molar-refractivity contribution in [1.82, 2.24) is 0 Å². The van der Waals surface area contributed by atoms with Gasteiger partial charge in [-0.3, -0.25) is 18.7 Å². The van der Waals surface area contributed by atoms with E-state index in [-0.39, 0.29) is 57.8 Å². The molecular weight excluding hydrogens is 772 g/mol. The van der Waals surface area contributed by atoms with Crippen molar-refractivity contribution < 1.29 is 40.3 Å². The van der Waals surface area contributed by atoms with E-state index in [1.54, 1.807) is 84.9 Å². The molecule has 0 fully saturated rings. The van der Waals surface area contributed by atoms with Crippen LogP contribution in [0.3, 0.4) is 0 Å².